The number of benzene rings is 5. The number of methoxy groups -OCH3 is 1. The van der Waals surface area contributed by atoms with E-state index in [2.05, 4.69) is 110 Å². The van der Waals surface area contributed by atoms with E-state index < -0.39 is 74.7 Å². The van der Waals surface area contributed by atoms with Crippen LogP contribution in [0.3, 0.4) is 0 Å². The first-order valence-corrected chi connectivity index (χ1v) is 50.3. The number of azo groups is 5. The van der Waals surface area contributed by atoms with Crippen molar-refractivity contribution < 1.29 is 57.8 Å². The predicted molar refractivity (Wildman–Crippen MR) is 526 cm³/mol. The van der Waals surface area contributed by atoms with Crippen molar-refractivity contribution in [3.8, 4) is 23.1 Å². The van der Waals surface area contributed by atoms with Gasteiger partial charge in [-0.1, -0.05) is 76.7 Å². The average Bonchev–Trinajstić information content (AvgIpc) is 1.34. The Kier molecular flexibility index (Phi) is 34.9. The predicted octanol–water partition coefficient (Wildman–Crippen LogP) is 12.6. The first-order valence-electron chi connectivity index (χ1n) is 43.1. The number of ether oxygens (including phenoxy) is 2. The monoisotopic (exact) mass is 2040 g/mol. The number of hydrogen-bond acceptors (Lipinski definition) is 32. The van der Waals surface area contributed by atoms with Gasteiger partial charge in [-0.15, -0.1) is 0 Å². The van der Waals surface area contributed by atoms with E-state index >= 15 is 0 Å². The van der Waals surface area contributed by atoms with E-state index in [0.29, 0.717) is 186 Å². The topological polar surface area (TPSA) is 533 Å². The van der Waals surface area contributed by atoms with Crippen molar-refractivity contribution in [3.05, 3.63) is 259 Å². The van der Waals surface area contributed by atoms with Crippen LogP contribution in [0.1, 0.15) is 82.4 Å². The number of amides is 2. The van der Waals surface area contributed by atoms with Crippen molar-refractivity contribution in [2.75, 3.05) is 157 Å². The van der Waals surface area contributed by atoms with Gasteiger partial charge in [-0.25, -0.2) is 14.8 Å². The number of piperazine rings is 3. The third kappa shape index (κ3) is 27.6. The number of aliphatic hydroxyl groups is 1. The fourth-order valence-electron chi connectivity index (χ4n) is 14.8. The number of carbonyl (C=O) groups is 2. The van der Waals surface area contributed by atoms with Gasteiger partial charge in [0.1, 0.15) is 41.4 Å². The van der Waals surface area contributed by atoms with Gasteiger partial charge in [-0.05, 0) is 198 Å². The number of nitrogens with zero attached hydrogens (tertiary/aromatic N) is 22. The van der Waals surface area contributed by atoms with E-state index in [1.165, 1.54) is 25.3 Å². The molecule has 42 nitrogen and oxygen atoms in total. The molecule has 2 amide bonds. The molecule has 0 radical (unpaired) electrons. The molecule has 9 N–H and O–H groups in total. The standard InChI is InChI=1S/C16H12Cl2N2O.C16H22ClN5O2S.C16H21N7O2S.C16H15N5O2.C15H21ClN6O2S.C9H14N4O4S/c17-14-5-1-11(2-6-14)16(21,13-9-19-20-10-13)12-3-7-15(18)8-4-12;1-16(2,13-11-18-19-12-13)20-25(23,24)22-9-7-21(8-10-22)15-5-3-14(17)4-6-15;1-16(2,14-11-19-20-12-14)21-26(24,25)23-7-5-22(6-8-23)15-4-3-13(9-17)10-18-15;1-23-12-5-2-10(3-6-12)16(22)19-14-8-11(4-7-13(14)17)15-9-18-21-20-15;1-15(2,12-9-18-19-10-12)20-25(23,24)22-7-5-21(6-8-22)14-4-3-13(16)11-17-14;1-9(2,7-5-10-11-6-7)12-18(15,16)13-3-4-17-8(13)14/h1-9,21H,10H2;3-6,11,20H,7-10,12H2,1-2H3;3-4,10-11,21H,5-8,12H2,1-2H3;2-9H,17H2,1H3,(H,19,22)(H,18,20,21);3-4,9,11,20H,5-8,10H2,1-2H3;5,12H,3-4,6H2,1-2H3. The number of nitrogen functional groups attached to an aromatic ring is 1. The summed E-state index contributed by atoms with van der Waals surface area (Å²) < 4.78 is 126. The lowest BCUT2D eigenvalue weighted by molar-refractivity contribution is 0.102. The molecule has 5 aromatic carbocycles. The number of cyclic esters (lactones) is 1. The van der Waals surface area contributed by atoms with Crippen LogP contribution in [0.25, 0.3) is 11.3 Å². The van der Waals surface area contributed by atoms with Crippen LogP contribution in [0, 0.1) is 11.3 Å². The Morgan fingerprint density at radius 1 is 0.478 bits per heavy atom. The summed E-state index contributed by atoms with van der Waals surface area (Å²) in [4.78, 5) is 38.3. The van der Waals surface area contributed by atoms with E-state index in [0.717, 1.165) is 45.2 Å². The van der Waals surface area contributed by atoms with Crippen molar-refractivity contribution >= 4 is 128 Å². The minimum absolute atomic E-state index is 0.0258. The van der Waals surface area contributed by atoms with Crippen LogP contribution in [-0.2, 0) is 51.2 Å². The summed E-state index contributed by atoms with van der Waals surface area (Å²) in [5.74, 6) is 1.98. The second-order valence-corrected chi connectivity index (χ2v) is 42.4. The molecule has 8 aromatic rings. The number of nitrogens with two attached hydrogens (primary N) is 1. The molecule has 17 rings (SSSR count). The van der Waals surface area contributed by atoms with Gasteiger partial charge >= 0.3 is 16.3 Å². The second kappa shape index (κ2) is 45.8. The molecule has 0 aliphatic carbocycles. The van der Waals surface area contributed by atoms with Gasteiger partial charge < -0.3 is 40.3 Å². The fraction of sp³-hybridized carbons (Fsp3) is 0.375. The summed E-state index contributed by atoms with van der Waals surface area (Å²) in [6.07, 6.45) is 11.8. The summed E-state index contributed by atoms with van der Waals surface area (Å²) in [5.41, 5.74) is 11.6. The minimum atomic E-state index is -3.92. The highest BCUT2D eigenvalue weighted by molar-refractivity contribution is 7.88. The summed E-state index contributed by atoms with van der Waals surface area (Å²) in [6, 6.07) is 43.1. The van der Waals surface area contributed by atoms with Crippen molar-refractivity contribution in [2.24, 2.45) is 51.1 Å². The summed E-state index contributed by atoms with van der Waals surface area (Å²) >= 11 is 23.6. The Morgan fingerprint density at radius 3 is 1.22 bits per heavy atom. The van der Waals surface area contributed by atoms with E-state index in [9.17, 15) is 48.4 Å². The Hall–Kier alpha value is -11.9. The number of nitriles is 1. The fourth-order valence-corrected chi connectivity index (χ4v) is 21.3. The maximum absolute atomic E-state index is 12.7. The number of rotatable bonds is 26. The summed E-state index contributed by atoms with van der Waals surface area (Å²) in [6.45, 7) is 22.2. The highest BCUT2D eigenvalue weighted by Gasteiger charge is 2.43. The minimum Gasteiger partial charge on any atom is -0.497 e. The lowest BCUT2D eigenvalue weighted by Crippen LogP contribution is -2.56. The van der Waals surface area contributed by atoms with Crippen LogP contribution in [0.15, 0.2) is 268 Å². The molecule has 12 heterocycles. The molecule has 0 atom stereocenters. The summed E-state index contributed by atoms with van der Waals surface area (Å²) in [5, 5.41) is 74.2. The first kappa shape index (κ1) is 105. The van der Waals surface area contributed by atoms with E-state index in [-0.39, 0.29) is 19.1 Å². The van der Waals surface area contributed by atoms with Gasteiger partial charge in [0, 0.05) is 128 Å². The smallest absolute Gasteiger partial charge is 0.424 e. The van der Waals surface area contributed by atoms with Crippen molar-refractivity contribution in [1.82, 2.24) is 61.5 Å². The number of hydrogen-bond donors (Lipinski definition) is 8. The maximum atomic E-state index is 12.7. The molecule has 4 fully saturated rings. The Balaban J connectivity index is 0.000000149. The number of pyridine rings is 2. The molecule has 0 spiro atoms. The molecule has 9 aliphatic rings. The number of halogens is 4. The zero-order valence-corrected chi connectivity index (χ0v) is 83.0. The Bertz CT molecular complexity index is 6310. The van der Waals surface area contributed by atoms with E-state index in [1.807, 2.05) is 93.8 Å². The van der Waals surface area contributed by atoms with Gasteiger partial charge in [0.25, 0.3) is 36.5 Å². The zero-order chi connectivity index (χ0) is 99.4. The Labute approximate surface area is 820 Å². The maximum Gasteiger partial charge on any atom is 0.424 e. The largest absolute Gasteiger partial charge is 0.497 e. The number of nitrogens with one attached hydrogen (secondary N) is 6. The number of anilines is 5. The third-order valence-corrected chi connectivity index (χ3v) is 31.1. The number of aromatic nitrogens is 5. The molecule has 3 aromatic heterocycles. The summed E-state index contributed by atoms with van der Waals surface area (Å²) in [7, 11) is -13.1. The Morgan fingerprint density at radius 2 is 0.870 bits per heavy atom. The molecule has 0 saturated carbocycles. The van der Waals surface area contributed by atoms with Crippen LogP contribution < -0.4 is 49.4 Å². The quantitative estimate of drug-likeness (QED) is 0.0233. The van der Waals surface area contributed by atoms with Crippen molar-refractivity contribution in [1.29, 1.82) is 5.26 Å². The van der Waals surface area contributed by atoms with Gasteiger partial charge in [0.2, 0.25) is 0 Å². The van der Waals surface area contributed by atoms with Crippen LogP contribution >= 0.6 is 46.4 Å². The molecular weight excluding hydrogens is 1940 g/mol. The average molecular weight is 2050 g/mol. The van der Waals surface area contributed by atoms with Crippen LogP contribution in [-0.4, -0.2) is 247 Å². The number of aromatic amines is 1. The molecular formula is C88H105Cl4N29O13S4. The highest BCUT2D eigenvalue weighted by atomic mass is 35.5. The normalized spacial score (nSPS) is 17.1. The number of H-pyrrole nitrogens is 1. The van der Waals surface area contributed by atoms with Crippen molar-refractivity contribution in [2.45, 2.75) is 83.1 Å². The lowest BCUT2D eigenvalue weighted by atomic mass is 9.80. The van der Waals surface area contributed by atoms with Gasteiger partial charge in [-0.3, -0.25) is 4.79 Å². The van der Waals surface area contributed by atoms with E-state index in [1.54, 1.807) is 161 Å². The van der Waals surface area contributed by atoms with Crippen LogP contribution in [0.2, 0.25) is 20.1 Å². The van der Waals surface area contributed by atoms with Crippen LogP contribution in [0.4, 0.5) is 33.5 Å². The molecule has 50 heteroatoms. The molecule has 0 unspecified atom stereocenters. The van der Waals surface area contributed by atoms with Gasteiger partial charge in [-0.2, -0.15) is 142 Å². The van der Waals surface area contributed by atoms with Gasteiger partial charge in [0.15, 0.2) is 0 Å². The second-order valence-electron chi connectivity index (χ2n) is 34.0. The lowest BCUT2D eigenvalue weighted by Gasteiger charge is -2.37. The molecule has 732 valence electrons. The van der Waals surface area contributed by atoms with E-state index in [4.69, 9.17) is 62.1 Å². The molecule has 0 bridgehead atoms. The highest BCUT2D eigenvalue weighted by Crippen LogP contribution is 2.40. The SMILES string of the molecule is CC(C)(NS(=O)(=O)N1CCN(c2ccc(C#N)cn2)CC1)C1=CN=NC1.CC(C)(NS(=O)(=O)N1CCN(c2ccc(Cl)cc2)CC1)C1=CN=NC1.CC(C)(NS(=O)(=O)N1CCN(c2ccc(Cl)cn2)CC1)C1=CN=NC1.CC(C)(NS(=O)(=O)N1CCOC1=O)C1=CN=NC1.COc1ccc(C(=O)Nc2cc(-c3cn[nH]n3)ccc2N)cc1.OC(C1=CN=NC1)(c1ccc(Cl)cc1)c1ccc(Cl)cc1. The van der Waals surface area contributed by atoms with Crippen molar-refractivity contribution in [3.63, 3.8) is 0 Å². The third-order valence-electron chi connectivity index (χ3n) is 23.0. The van der Waals surface area contributed by atoms with Crippen LogP contribution in [0.5, 0.6) is 5.75 Å². The number of carbonyl (C=O) groups excluding carboxylic acids is 2. The zero-order valence-electron chi connectivity index (χ0n) is 76.7. The molecule has 9 aliphatic heterocycles. The molecule has 138 heavy (non-hydrogen) atoms. The first-order chi connectivity index (χ1) is 65.5. The van der Waals surface area contributed by atoms with Gasteiger partial charge in [0.05, 0.1) is 128 Å². The molecule has 4 saturated heterocycles.